The van der Waals surface area contributed by atoms with Gasteiger partial charge in [0.05, 0.1) is 0 Å². The van der Waals surface area contributed by atoms with Crippen molar-refractivity contribution in [3.05, 3.63) is 23.8 Å². The van der Waals surface area contributed by atoms with Gasteiger partial charge in [-0.2, -0.15) is 0 Å². The van der Waals surface area contributed by atoms with Gasteiger partial charge < -0.3 is 9.47 Å². The van der Waals surface area contributed by atoms with Gasteiger partial charge in [-0.1, -0.05) is 15.9 Å². The average molecular weight is 449 g/mol. The summed E-state index contributed by atoms with van der Waals surface area (Å²) in [6.07, 6.45) is 7.63. The number of hydrogen-bond donors (Lipinski definition) is 2. The number of nitrogens with one attached hydrogen (secondary N) is 2. The van der Waals surface area contributed by atoms with Crippen LogP contribution >= 0.6 is 15.9 Å². The van der Waals surface area contributed by atoms with E-state index in [1.54, 1.807) is 18.2 Å². The summed E-state index contributed by atoms with van der Waals surface area (Å²) in [5, 5.41) is 0. The van der Waals surface area contributed by atoms with E-state index in [0.717, 1.165) is 31.1 Å². The summed E-state index contributed by atoms with van der Waals surface area (Å²) in [7, 11) is 0. The maximum Gasteiger partial charge on any atom is 0.269 e. The monoisotopic (exact) mass is 448 g/mol. The molecule has 6 nitrogen and oxygen atoms in total. The molecule has 1 aliphatic heterocycles. The molecule has 4 fully saturated rings. The highest BCUT2D eigenvalue weighted by Gasteiger charge is 2.57. The van der Waals surface area contributed by atoms with Crippen molar-refractivity contribution in [2.24, 2.45) is 17.3 Å². The second-order valence-corrected chi connectivity index (χ2v) is 10.8. The van der Waals surface area contributed by atoms with E-state index < -0.39 is 0 Å². The first-order valence-corrected chi connectivity index (χ1v) is 10.9. The van der Waals surface area contributed by atoms with Crippen LogP contribution in [0.1, 0.15) is 55.3 Å². The summed E-state index contributed by atoms with van der Waals surface area (Å²) in [4.78, 5) is 25.0. The number of benzene rings is 1. The van der Waals surface area contributed by atoms with Crippen LogP contribution in [0.2, 0.25) is 0 Å². The molecule has 2 N–H and O–H groups in total. The fourth-order valence-corrected chi connectivity index (χ4v) is 7.82. The Kier molecular flexibility index (Phi) is 4.34. The first-order chi connectivity index (χ1) is 13.4. The molecule has 1 aromatic carbocycles. The number of hydrazine groups is 1. The molecular formula is C21H25BrN2O4. The molecule has 1 heterocycles. The maximum absolute atomic E-state index is 12.6. The molecule has 0 aromatic heterocycles. The lowest BCUT2D eigenvalue weighted by Crippen LogP contribution is -2.54. The van der Waals surface area contributed by atoms with Gasteiger partial charge in [0.1, 0.15) is 13.2 Å². The van der Waals surface area contributed by atoms with Crippen LogP contribution in [0.15, 0.2) is 18.2 Å². The SMILES string of the molecule is O=C(CC12CC3CC(CC(Br)(C3)C1)C2)NNC(=O)c1ccc2c(c1)OCCO2. The summed E-state index contributed by atoms with van der Waals surface area (Å²) >= 11 is 3.98. The maximum atomic E-state index is 12.6. The summed E-state index contributed by atoms with van der Waals surface area (Å²) in [5.41, 5.74) is 5.69. The third kappa shape index (κ3) is 3.38. The molecule has 4 bridgehead atoms. The van der Waals surface area contributed by atoms with Crippen LogP contribution < -0.4 is 20.3 Å². The van der Waals surface area contributed by atoms with Crippen molar-refractivity contribution in [3.8, 4) is 11.5 Å². The highest BCUT2D eigenvalue weighted by molar-refractivity contribution is 9.10. The Morgan fingerprint density at radius 3 is 2.46 bits per heavy atom. The van der Waals surface area contributed by atoms with Crippen LogP contribution in [-0.4, -0.2) is 29.4 Å². The molecule has 28 heavy (non-hydrogen) atoms. The Balaban J connectivity index is 1.19. The number of halogens is 1. The lowest BCUT2D eigenvalue weighted by Gasteiger charge is -2.60. The van der Waals surface area contributed by atoms with Crippen molar-refractivity contribution in [1.82, 2.24) is 10.9 Å². The number of rotatable bonds is 3. The fraction of sp³-hybridized carbons (Fsp3) is 0.619. The number of amides is 2. The first kappa shape index (κ1) is 18.3. The highest BCUT2D eigenvalue weighted by atomic mass is 79.9. The van der Waals surface area contributed by atoms with Gasteiger partial charge in [0.2, 0.25) is 5.91 Å². The molecule has 2 amide bonds. The highest BCUT2D eigenvalue weighted by Crippen LogP contribution is 2.65. The number of carbonyl (C=O) groups is 2. The normalized spacial score (nSPS) is 34.8. The van der Waals surface area contributed by atoms with Gasteiger partial charge in [0.15, 0.2) is 11.5 Å². The van der Waals surface area contributed by atoms with Gasteiger partial charge >= 0.3 is 0 Å². The summed E-state index contributed by atoms with van der Waals surface area (Å²) in [5.74, 6) is 2.21. The van der Waals surface area contributed by atoms with Crippen LogP contribution in [0, 0.1) is 17.3 Å². The van der Waals surface area contributed by atoms with Crippen LogP contribution in [0.3, 0.4) is 0 Å². The summed E-state index contributed by atoms with van der Waals surface area (Å²) in [6, 6.07) is 5.03. The smallest absolute Gasteiger partial charge is 0.269 e. The number of fused-ring (bicyclic) bond motifs is 1. The number of carbonyl (C=O) groups excluding carboxylic acids is 2. The molecule has 4 saturated carbocycles. The van der Waals surface area contributed by atoms with E-state index in [-0.39, 0.29) is 21.6 Å². The Bertz CT molecular complexity index is 813. The molecule has 0 spiro atoms. The van der Waals surface area contributed by atoms with Gasteiger partial charge in [0.25, 0.3) is 5.91 Å². The summed E-state index contributed by atoms with van der Waals surface area (Å²) in [6.45, 7) is 0.974. The first-order valence-electron chi connectivity index (χ1n) is 10.1. The van der Waals surface area contributed by atoms with Crippen LogP contribution in [-0.2, 0) is 4.79 Å². The molecule has 4 aliphatic carbocycles. The average Bonchev–Trinajstić information content (AvgIpc) is 2.63. The van der Waals surface area contributed by atoms with Gasteiger partial charge in [-0.15, -0.1) is 0 Å². The third-order valence-corrected chi connectivity index (χ3v) is 7.69. The molecule has 0 saturated heterocycles. The molecule has 7 heteroatoms. The van der Waals surface area contributed by atoms with E-state index in [1.165, 1.54) is 19.3 Å². The molecule has 2 atom stereocenters. The van der Waals surface area contributed by atoms with Crippen LogP contribution in [0.4, 0.5) is 0 Å². The number of ether oxygens (including phenoxy) is 2. The van der Waals surface area contributed by atoms with E-state index in [0.29, 0.717) is 36.7 Å². The zero-order valence-electron chi connectivity index (χ0n) is 15.8. The van der Waals surface area contributed by atoms with E-state index in [2.05, 4.69) is 26.8 Å². The van der Waals surface area contributed by atoms with Gasteiger partial charge in [-0.05, 0) is 74.0 Å². The molecule has 6 rings (SSSR count). The van der Waals surface area contributed by atoms with E-state index in [4.69, 9.17) is 9.47 Å². The molecule has 5 aliphatic rings. The van der Waals surface area contributed by atoms with Gasteiger partial charge in [-0.3, -0.25) is 20.4 Å². The predicted octanol–water partition coefficient (Wildman–Crippen LogP) is 3.34. The Morgan fingerprint density at radius 2 is 1.75 bits per heavy atom. The van der Waals surface area contributed by atoms with Crippen molar-refractivity contribution < 1.29 is 19.1 Å². The number of hydrogen-bond acceptors (Lipinski definition) is 4. The second-order valence-electron chi connectivity index (χ2n) is 9.15. The Labute approximate surface area is 172 Å². The minimum Gasteiger partial charge on any atom is -0.486 e. The number of alkyl halides is 1. The third-order valence-electron chi connectivity index (χ3n) is 6.77. The van der Waals surface area contributed by atoms with Crippen molar-refractivity contribution in [1.29, 1.82) is 0 Å². The predicted molar refractivity (Wildman–Crippen MR) is 106 cm³/mol. The topological polar surface area (TPSA) is 76.7 Å². The minimum atomic E-state index is -0.354. The summed E-state index contributed by atoms with van der Waals surface area (Å²) < 4.78 is 11.2. The van der Waals surface area contributed by atoms with Crippen molar-refractivity contribution >= 4 is 27.7 Å². The van der Waals surface area contributed by atoms with Crippen molar-refractivity contribution in [2.75, 3.05) is 13.2 Å². The zero-order chi connectivity index (χ0) is 19.4. The van der Waals surface area contributed by atoms with E-state index in [9.17, 15) is 9.59 Å². The van der Waals surface area contributed by atoms with Gasteiger partial charge in [-0.25, -0.2) is 0 Å². The quantitative estimate of drug-likeness (QED) is 0.548. The second kappa shape index (κ2) is 6.65. The van der Waals surface area contributed by atoms with Crippen molar-refractivity contribution in [2.45, 2.75) is 49.3 Å². The lowest BCUT2D eigenvalue weighted by molar-refractivity contribution is -0.128. The Morgan fingerprint density at radius 1 is 1.04 bits per heavy atom. The minimum absolute atomic E-state index is 0.0827. The van der Waals surface area contributed by atoms with Crippen LogP contribution in [0.25, 0.3) is 0 Å². The lowest BCUT2D eigenvalue weighted by atomic mass is 9.48. The van der Waals surface area contributed by atoms with E-state index >= 15 is 0 Å². The van der Waals surface area contributed by atoms with Gasteiger partial charge in [0, 0.05) is 16.3 Å². The molecular weight excluding hydrogens is 424 g/mol. The molecule has 2 unspecified atom stereocenters. The molecule has 150 valence electrons. The van der Waals surface area contributed by atoms with Crippen LogP contribution in [0.5, 0.6) is 11.5 Å². The van der Waals surface area contributed by atoms with E-state index in [1.807, 2.05) is 0 Å². The Hall–Kier alpha value is -1.76. The molecule has 1 aromatic rings. The standard InChI is InChI=1S/C21H25BrN2O4/c22-21-9-13-5-14(10-21)8-20(7-13,12-21)11-18(25)23-24-19(26)15-1-2-16-17(6-15)28-4-3-27-16/h1-2,6,13-14H,3-5,7-12H2,(H,23,25)(H,24,26). The zero-order valence-corrected chi connectivity index (χ0v) is 17.3. The molecule has 0 radical (unpaired) electrons. The van der Waals surface area contributed by atoms with Crippen molar-refractivity contribution in [3.63, 3.8) is 0 Å². The largest absolute Gasteiger partial charge is 0.486 e. The fourth-order valence-electron chi connectivity index (χ4n) is 6.31.